The van der Waals surface area contributed by atoms with Crippen LogP contribution in [0.2, 0.25) is 0 Å². The minimum Gasteiger partial charge on any atom is -0.456 e. The highest BCUT2D eigenvalue weighted by molar-refractivity contribution is 5.83. The summed E-state index contributed by atoms with van der Waals surface area (Å²) >= 11 is 0. The Morgan fingerprint density at radius 3 is 2.22 bits per heavy atom. The topological polar surface area (TPSA) is 26.3 Å². The smallest absolute Gasteiger partial charge is 0.316 e. The molecule has 1 aliphatic heterocycles. The van der Waals surface area contributed by atoms with Crippen LogP contribution in [0.1, 0.15) is 50.2 Å². The third kappa shape index (κ3) is 1.73. The second kappa shape index (κ2) is 4.38. The largest absolute Gasteiger partial charge is 0.456 e. The van der Waals surface area contributed by atoms with Crippen molar-refractivity contribution in [1.82, 2.24) is 0 Å². The Morgan fingerprint density at radius 1 is 1.06 bits per heavy atom. The van der Waals surface area contributed by atoms with E-state index in [0.29, 0.717) is 0 Å². The molecule has 0 amide bonds. The van der Waals surface area contributed by atoms with E-state index >= 15 is 0 Å². The first-order chi connectivity index (χ1) is 8.72. The van der Waals surface area contributed by atoms with Gasteiger partial charge in [-0.3, -0.25) is 4.79 Å². The summed E-state index contributed by atoms with van der Waals surface area (Å²) in [4.78, 5) is 11.9. The van der Waals surface area contributed by atoms with Gasteiger partial charge in [-0.2, -0.15) is 0 Å². The van der Waals surface area contributed by atoms with E-state index in [2.05, 4.69) is 0 Å². The van der Waals surface area contributed by atoms with Crippen molar-refractivity contribution < 1.29 is 13.9 Å². The van der Waals surface area contributed by atoms with Gasteiger partial charge in [-0.25, -0.2) is 4.39 Å². The molecule has 96 valence electrons. The van der Waals surface area contributed by atoms with Crippen LogP contribution in [0, 0.1) is 11.2 Å². The van der Waals surface area contributed by atoms with E-state index in [4.69, 9.17) is 4.74 Å². The van der Waals surface area contributed by atoms with Crippen LogP contribution >= 0.6 is 0 Å². The Balaban J connectivity index is 1.88. The van der Waals surface area contributed by atoms with Crippen molar-refractivity contribution in [2.75, 3.05) is 0 Å². The number of hydrogen-bond donors (Lipinski definition) is 0. The van der Waals surface area contributed by atoms with Crippen LogP contribution in [0.5, 0.6) is 0 Å². The van der Waals surface area contributed by atoms with Crippen LogP contribution < -0.4 is 0 Å². The molecule has 3 rings (SSSR count). The lowest BCUT2D eigenvalue weighted by molar-refractivity contribution is -0.211. The summed E-state index contributed by atoms with van der Waals surface area (Å²) in [6, 6.07) is 6.34. The summed E-state index contributed by atoms with van der Waals surface area (Å²) in [5, 5.41) is 0. The predicted molar refractivity (Wildman–Crippen MR) is 65.4 cm³/mol. The van der Waals surface area contributed by atoms with Crippen molar-refractivity contribution in [1.29, 1.82) is 0 Å². The van der Waals surface area contributed by atoms with Gasteiger partial charge in [-0.1, -0.05) is 37.8 Å². The fourth-order valence-corrected chi connectivity index (χ4v) is 3.24. The average Bonchev–Trinajstić information content (AvgIpc) is 2.65. The molecule has 0 N–H and O–H groups in total. The van der Waals surface area contributed by atoms with Gasteiger partial charge >= 0.3 is 5.97 Å². The molecular formula is C15H17FO2. The summed E-state index contributed by atoms with van der Waals surface area (Å²) in [5.41, 5.74) is 0.604. The molecule has 1 aromatic rings. The van der Waals surface area contributed by atoms with Crippen molar-refractivity contribution in [2.45, 2.75) is 44.6 Å². The lowest BCUT2D eigenvalue weighted by atomic mass is 9.69. The van der Waals surface area contributed by atoms with Crippen LogP contribution in [-0.4, -0.2) is 5.97 Å². The Labute approximate surface area is 106 Å². The third-order valence-corrected chi connectivity index (χ3v) is 4.30. The van der Waals surface area contributed by atoms with E-state index < -0.39 is 0 Å². The molecule has 2 aliphatic rings. The molecule has 18 heavy (non-hydrogen) atoms. The molecule has 1 spiro atoms. The zero-order valence-electron chi connectivity index (χ0n) is 10.3. The van der Waals surface area contributed by atoms with Gasteiger partial charge < -0.3 is 4.74 Å². The molecule has 1 atom stereocenters. The molecule has 1 unspecified atom stereocenters. The number of benzene rings is 1. The van der Waals surface area contributed by atoms with E-state index in [9.17, 15) is 9.18 Å². The molecule has 0 bridgehead atoms. The number of hydrogen-bond acceptors (Lipinski definition) is 2. The van der Waals surface area contributed by atoms with Crippen molar-refractivity contribution in [3.63, 3.8) is 0 Å². The number of carbonyl (C=O) groups is 1. The molecule has 0 radical (unpaired) electrons. The fourth-order valence-electron chi connectivity index (χ4n) is 3.24. The van der Waals surface area contributed by atoms with Gasteiger partial charge in [0, 0.05) is 0 Å². The van der Waals surface area contributed by atoms with Gasteiger partial charge in [0.05, 0.1) is 0 Å². The molecule has 1 saturated heterocycles. The first kappa shape index (κ1) is 11.7. The van der Waals surface area contributed by atoms with E-state index in [1.807, 2.05) is 0 Å². The van der Waals surface area contributed by atoms with Gasteiger partial charge in [-0.05, 0) is 30.5 Å². The Kier molecular flexibility index (Phi) is 2.84. The third-order valence-electron chi connectivity index (χ3n) is 4.30. The second-order valence-corrected chi connectivity index (χ2v) is 5.41. The highest BCUT2D eigenvalue weighted by Crippen LogP contribution is 2.55. The lowest BCUT2D eigenvalue weighted by Crippen LogP contribution is -2.50. The van der Waals surface area contributed by atoms with Crippen LogP contribution in [0.15, 0.2) is 24.3 Å². The first-order valence-electron chi connectivity index (χ1n) is 6.69. The van der Waals surface area contributed by atoms with Crippen LogP contribution in [0.3, 0.4) is 0 Å². The fraction of sp³-hybridized carbons (Fsp3) is 0.533. The Hall–Kier alpha value is -1.38. The molecule has 2 nitrogen and oxygen atoms in total. The highest BCUT2D eigenvalue weighted by Gasteiger charge is 2.57. The number of halogens is 1. The number of esters is 1. The normalized spacial score (nSPS) is 26.3. The molecule has 1 saturated carbocycles. The van der Waals surface area contributed by atoms with Gasteiger partial charge in [0.25, 0.3) is 0 Å². The number of carbonyl (C=O) groups excluding carboxylic acids is 1. The number of cyclic esters (lactones) is 1. The summed E-state index contributed by atoms with van der Waals surface area (Å²) in [6.07, 6.45) is 6.24. The highest BCUT2D eigenvalue weighted by atomic mass is 19.1. The number of ether oxygens (including phenoxy) is 1. The maximum absolute atomic E-state index is 12.9. The van der Waals surface area contributed by atoms with Crippen LogP contribution in [0.4, 0.5) is 4.39 Å². The van der Waals surface area contributed by atoms with Crippen molar-refractivity contribution >= 4 is 5.97 Å². The predicted octanol–water partition coefficient (Wildman–Crippen LogP) is 3.76. The van der Waals surface area contributed by atoms with E-state index in [1.165, 1.54) is 25.0 Å². The molecule has 1 heterocycles. The minimum atomic E-state index is -0.325. The summed E-state index contributed by atoms with van der Waals surface area (Å²) in [6.45, 7) is 0. The zero-order chi connectivity index (χ0) is 12.6. The van der Waals surface area contributed by atoms with Crippen molar-refractivity contribution in [2.24, 2.45) is 5.41 Å². The van der Waals surface area contributed by atoms with Crippen molar-refractivity contribution in [3.05, 3.63) is 35.6 Å². The van der Waals surface area contributed by atoms with Crippen LogP contribution in [0.25, 0.3) is 0 Å². The zero-order valence-corrected chi connectivity index (χ0v) is 10.3. The standard InChI is InChI=1S/C15H17FO2/c16-12-7-5-11(6-8-12)13-15(14(17)18-13)9-3-1-2-4-10-15/h5-8,13H,1-4,9-10H2. The quantitative estimate of drug-likeness (QED) is 0.707. The van der Waals surface area contributed by atoms with Gasteiger partial charge in [0.1, 0.15) is 17.3 Å². The molecule has 3 heteroatoms. The van der Waals surface area contributed by atoms with E-state index in [-0.39, 0.29) is 23.3 Å². The minimum absolute atomic E-state index is 0.0567. The maximum Gasteiger partial charge on any atom is 0.316 e. The SMILES string of the molecule is O=C1OC(c2ccc(F)cc2)C12CCCCCC2. The van der Waals surface area contributed by atoms with Gasteiger partial charge in [0.15, 0.2) is 0 Å². The molecule has 0 aromatic heterocycles. The second-order valence-electron chi connectivity index (χ2n) is 5.41. The average molecular weight is 248 g/mol. The Morgan fingerprint density at radius 2 is 1.67 bits per heavy atom. The first-order valence-corrected chi connectivity index (χ1v) is 6.69. The van der Waals surface area contributed by atoms with E-state index in [0.717, 1.165) is 31.2 Å². The maximum atomic E-state index is 12.9. The van der Waals surface area contributed by atoms with Crippen LogP contribution in [-0.2, 0) is 9.53 Å². The lowest BCUT2D eigenvalue weighted by Gasteiger charge is -2.46. The number of rotatable bonds is 1. The summed E-state index contributed by atoms with van der Waals surface area (Å²) in [7, 11) is 0. The summed E-state index contributed by atoms with van der Waals surface area (Å²) < 4.78 is 18.3. The van der Waals surface area contributed by atoms with E-state index in [1.54, 1.807) is 12.1 Å². The molecule has 1 aromatic carbocycles. The summed E-state index contributed by atoms with van der Waals surface area (Å²) in [5.74, 6) is -0.307. The molecule has 2 fully saturated rings. The monoisotopic (exact) mass is 248 g/mol. The van der Waals surface area contributed by atoms with Gasteiger partial charge in [0.2, 0.25) is 0 Å². The van der Waals surface area contributed by atoms with Crippen molar-refractivity contribution in [3.8, 4) is 0 Å². The van der Waals surface area contributed by atoms with Gasteiger partial charge in [-0.15, -0.1) is 0 Å². The molecular weight excluding hydrogens is 231 g/mol. The Bertz CT molecular complexity index is 444. The molecule has 1 aliphatic carbocycles.